The summed E-state index contributed by atoms with van der Waals surface area (Å²) in [5.41, 5.74) is 1.40. The predicted octanol–water partition coefficient (Wildman–Crippen LogP) is 4.45. The maximum absolute atomic E-state index is 5.99. The summed E-state index contributed by atoms with van der Waals surface area (Å²) >= 11 is 5.99. The van der Waals surface area contributed by atoms with Gasteiger partial charge in [-0.25, -0.2) is 0 Å². The van der Waals surface area contributed by atoms with E-state index in [-0.39, 0.29) is 18.3 Å². The Morgan fingerprint density at radius 1 is 1.21 bits per heavy atom. The first-order valence-electron chi connectivity index (χ1n) is 6.51. The van der Waals surface area contributed by atoms with Gasteiger partial charge in [0.1, 0.15) is 0 Å². The molecule has 0 spiro atoms. The van der Waals surface area contributed by atoms with E-state index in [9.17, 15) is 0 Å². The minimum Gasteiger partial charge on any atom is -0.403 e. The molecule has 0 amide bonds. The van der Waals surface area contributed by atoms with Crippen LogP contribution in [0.1, 0.15) is 33.3 Å². The van der Waals surface area contributed by atoms with Crippen LogP contribution in [0.25, 0.3) is 5.57 Å². The van der Waals surface area contributed by atoms with Crippen LogP contribution in [0.2, 0.25) is 11.3 Å². The van der Waals surface area contributed by atoms with Crippen LogP contribution in [0.4, 0.5) is 0 Å². The molecule has 19 heavy (non-hydrogen) atoms. The number of halogens is 1. The van der Waals surface area contributed by atoms with Crippen molar-refractivity contribution in [3.8, 4) is 0 Å². The third kappa shape index (κ3) is 3.05. The highest BCUT2D eigenvalue weighted by molar-refractivity contribution is 6.48. The Balaban J connectivity index is 2.06. The van der Waals surface area contributed by atoms with Gasteiger partial charge in [-0.1, -0.05) is 30.3 Å². The van der Waals surface area contributed by atoms with Crippen LogP contribution in [-0.2, 0) is 9.31 Å². The molecule has 2 rings (SSSR count). The second kappa shape index (κ2) is 4.97. The average Bonchev–Trinajstić information content (AvgIpc) is 2.46. The molecule has 1 aromatic carbocycles. The van der Waals surface area contributed by atoms with Gasteiger partial charge < -0.3 is 9.31 Å². The van der Waals surface area contributed by atoms with Gasteiger partial charge in [-0.05, 0) is 51.0 Å². The SMILES string of the molecule is C=C(CB1OC(C)(C)C(C)(C)O1)c1cccc(Cl)c1. The molecule has 0 bridgehead atoms. The Bertz CT molecular complexity index is 481. The quantitative estimate of drug-likeness (QED) is 0.761. The van der Waals surface area contributed by atoms with Crippen LogP contribution in [0.5, 0.6) is 0 Å². The second-order valence-electron chi connectivity index (χ2n) is 6.00. The molecule has 0 aromatic heterocycles. The maximum atomic E-state index is 5.99. The van der Waals surface area contributed by atoms with Crippen molar-refractivity contribution in [2.45, 2.75) is 45.2 Å². The Hall–Kier alpha value is -0.765. The van der Waals surface area contributed by atoms with Crippen molar-refractivity contribution >= 4 is 24.3 Å². The standard InChI is InChI=1S/C15H20BClO2/c1-11(12-7-6-8-13(17)9-12)10-16-18-14(2,3)15(4,5)19-16/h6-9H,1,10H2,2-5H3. The Morgan fingerprint density at radius 2 is 1.79 bits per heavy atom. The summed E-state index contributed by atoms with van der Waals surface area (Å²) in [6.45, 7) is 12.3. The van der Waals surface area contributed by atoms with Crippen molar-refractivity contribution in [2.75, 3.05) is 0 Å². The monoisotopic (exact) mass is 278 g/mol. The largest absolute Gasteiger partial charge is 0.462 e. The molecule has 1 aliphatic rings. The summed E-state index contributed by atoms with van der Waals surface area (Å²) in [6.07, 6.45) is 0.646. The summed E-state index contributed by atoms with van der Waals surface area (Å²) in [6, 6.07) is 7.69. The molecule has 0 radical (unpaired) electrons. The lowest BCUT2D eigenvalue weighted by Crippen LogP contribution is -2.41. The van der Waals surface area contributed by atoms with E-state index in [0.717, 1.165) is 11.1 Å². The Morgan fingerprint density at radius 3 is 2.32 bits per heavy atom. The van der Waals surface area contributed by atoms with E-state index in [1.54, 1.807) is 0 Å². The van der Waals surface area contributed by atoms with Gasteiger partial charge in [0.15, 0.2) is 0 Å². The molecule has 1 fully saturated rings. The van der Waals surface area contributed by atoms with E-state index in [0.29, 0.717) is 11.3 Å². The van der Waals surface area contributed by atoms with Crippen LogP contribution in [0.3, 0.4) is 0 Å². The van der Waals surface area contributed by atoms with Crippen LogP contribution in [0.15, 0.2) is 30.8 Å². The molecule has 0 saturated carbocycles. The maximum Gasteiger partial charge on any atom is 0.462 e. The van der Waals surface area contributed by atoms with Crippen LogP contribution in [0, 0.1) is 0 Å². The number of benzene rings is 1. The van der Waals surface area contributed by atoms with Gasteiger partial charge in [0, 0.05) is 11.3 Å². The first-order chi connectivity index (χ1) is 8.71. The zero-order valence-electron chi connectivity index (χ0n) is 12.0. The highest BCUT2D eigenvalue weighted by Gasteiger charge is 2.50. The lowest BCUT2D eigenvalue weighted by molar-refractivity contribution is 0.00578. The smallest absolute Gasteiger partial charge is 0.403 e. The fraction of sp³-hybridized carbons (Fsp3) is 0.467. The summed E-state index contributed by atoms with van der Waals surface area (Å²) in [4.78, 5) is 0. The highest BCUT2D eigenvalue weighted by atomic mass is 35.5. The van der Waals surface area contributed by atoms with Crippen molar-refractivity contribution in [3.63, 3.8) is 0 Å². The second-order valence-corrected chi connectivity index (χ2v) is 6.44. The van der Waals surface area contributed by atoms with Gasteiger partial charge in [-0.2, -0.15) is 0 Å². The molecule has 0 N–H and O–H groups in total. The fourth-order valence-corrected chi connectivity index (χ4v) is 2.27. The van der Waals surface area contributed by atoms with Crippen molar-refractivity contribution in [1.29, 1.82) is 0 Å². The van der Waals surface area contributed by atoms with Crippen LogP contribution in [-0.4, -0.2) is 18.3 Å². The van der Waals surface area contributed by atoms with E-state index in [2.05, 4.69) is 34.3 Å². The van der Waals surface area contributed by atoms with E-state index in [1.165, 1.54) is 0 Å². The van der Waals surface area contributed by atoms with Gasteiger partial charge in [0.2, 0.25) is 0 Å². The lowest BCUT2D eigenvalue weighted by Gasteiger charge is -2.32. The summed E-state index contributed by atoms with van der Waals surface area (Å²) in [7, 11) is -0.253. The first kappa shape index (κ1) is 14.6. The first-order valence-corrected chi connectivity index (χ1v) is 6.88. The predicted molar refractivity (Wildman–Crippen MR) is 81.4 cm³/mol. The third-order valence-electron chi connectivity index (χ3n) is 3.95. The van der Waals surface area contributed by atoms with E-state index >= 15 is 0 Å². The van der Waals surface area contributed by atoms with Gasteiger partial charge in [-0.3, -0.25) is 0 Å². The number of hydrogen-bond acceptors (Lipinski definition) is 2. The Kier molecular flexibility index (Phi) is 3.83. The molecule has 0 aliphatic carbocycles. The molecule has 1 saturated heterocycles. The van der Waals surface area contributed by atoms with Gasteiger partial charge in [0.05, 0.1) is 11.2 Å². The zero-order valence-corrected chi connectivity index (χ0v) is 12.8. The third-order valence-corrected chi connectivity index (χ3v) is 4.18. The Labute approximate surface area is 120 Å². The molecule has 1 aromatic rings. The van der Waals surface area contributed by atoms with Crippen molar-refractivity contribution in [3.05, 3.63) is 41.4 Å². The molecule has 1 heterocycles. The molecule has 4 heteroatoms. The average molecular weight is 279 g/mol. The van der Waals surface area contributed by atoms with Crippen molar-refractivity contribution in [2.24, 2.45) is 0 Å². The van der Waals surface area contributed by atoms with E-state index in [4.69, 9.17) is 20.9 Å². The number of allylic oxidation sites excluding steroid dienone is 1. The molecular formula is C15H20BClO2. The van der Waals surface area contributed by atoms with Gasteiger partial charge >= 0.3 is 7.12 Å². The van der Waals surface area contributed by atoms with Crippen LogP contribution < -0.4 is 0 Å². The number of hydrogen-bond donors (Lipinski definition) is 0. The van der Waals surface area contributed by atoms with Crippen molar-refractivity contribution < 1.29 is 9.31 Å². The molecule has 0 unspecified atom stereocenters. The van der Waals surface area contributed by atoms with Gasteiger partial charge in [0.25, 0.3) is 0 Å². The minimum atomic E-state index is -0.299. The van der Waals surface area contributed by atoms with Gasteiger partial charge in [-0.15, -0.1) is 0 Å². The topological polar surface area (TPSA) is 18.5 Å². The summed E-state index contributed by atoms with van der Waals surface area (Å²) < 4.78 is 11.9. The van der Waals surface area contributed by atoms with Crippen LogP contribution >= 0.6 is 11.6 Å². The number of rotatable bonds is 3. The highest BCUT2D eigenvalue weighted by Crippen LogP contribution is 2.39. The molecule has 1 aliphatic heterocycles. The molecule has 0 atom stereocenters. The van der Waals surface area contributed by atoms with Crippen molar-refractivity contribution in [1.82, 2.24) is 0 Å². The summed E-state index contributed by atoms with van der Waals surface area (Å²) in [5, 5.41) is 0.715. The fourth-order valence-electron chi connectivity index (χ4n) is 2.08. The normalized spacial score (nSPS) is 20.6. The van der Waals surface area contributed by atoms with E-state index in [1.807, 2.05) is 24.3 Å². The minimum absolute atomic E-state index is 0.253. The van der Waals surface area contributed by atoms with E-state index < -0.39 is 0 Å². The molecular weight excluding hydrogens is 258 g/mol. The molecule has 102 valence electrons. The zero-order chi connectivity index (χ0) is 14.3. The lowest BCUT2D eigenvalue weighted by atomic mass is 9.79. The summed E-state index contributed by atoms with van der Waals surface area (Å²) in [5.74, 6) is 0. The molecule has 2 nitrogen and oxygen atoms in total.